The van der Waals surface area contributed by atoms with Crippen molar-refractivity contribution >= 4 is 17.5 Å². The first-order chi connectivity index (χ1) is 12.1. The number of piperidine rings is 1. The highest BCUT2D eigenvalue weighted by atomic mass is 35.5. The van der Waals surface area contributed by atoms with Crippen molar-refractivity contribution in [3.8, 4) is 0 Å². The minimum Gasteiger partial charge on any atom is -0.378 e. The molecule has 0 unspecified atom stereocenters. The van der Waals surface area contributed by atoms with Gasteiger partial charge in [-0.25, -0.2) is 4.39 Å². The van der Waals surface area contributed by atoms with E-state index < -0.39 is 0 Å². The summed E-state index contributed by atoms with van der Waals surface area (Å²) >= 11 is 6.12. The minimum atomic E-state index is -0.294. The molecule has 2 heterocycles. The van der Waals surface area contributed by atoms with Gasteiger partial charge in [0.05, 0.1) is 13.2 Å². The number of benzene rings is 1. The lowest BCUT2D eigenvalue weighted by atomic mass is 9.91. The molecule has 4 nitrogen and oxygen atoms in total. The summed E-state index contributed by atoms with van der Waals surface area (Å²) in [4.78, 5) is 16.5. The van der Waals surface area contributed by atoms with Gasteiger partial charge in [-0.05, 0) is 56.0 Å². The van der Waals surface area contributed by atoms with Gasteiger partial charge in [-0.15, -0.1) is 0 Å². The average Bonchev–Trinajstić information content (AvgIpc) is 2.64. The van der Waals surface area contributed by atoms with E-state index in [1.54, 1.807) is 6.07 Å². The zero-order valence-corrected chi connectivity index (χ0v) is 15.3. The Kier molecular flexibility index (Phi) is 6.68. The zero-order valence-electron chi connectivity index (χ0n) is 14.6. The molecule has 0 spiro atoms. The maximum Gasteiger partial charge on any atom is 0.222 e. The first-order valence-electron chi connectivity index (χ1n) is 9.13. The molecule has 3 rings (SSSR count). The van der Waals surface area contributed by atoms with Crippen LogP contribution < -0.4 is 0 Å². The number of rotatable bonds is 5. The maximum absolute atomic E-state index is 13.1. The maximum atomic E-state index is 13.1. The number of carbonyl (C=O) groups excluding carboxylic acids is 1. The first-order valence-corrected chi connectivity index (χ1v) is 9.51. The van der Waals surface area contributed by atoms with Crippen LogP contribution in [0.5, 0.6) is 0 Å². The summed E-state index contributed by atoms with van der Waals surface area (Å²) in [6.07, 6.45) is 3.83. The van der Waals surface area contributed by atoms with Crippen molar-refractivity contribution < 1.29 is 13.9 Å². The van der Waals surface area contributed by atoms with Crippen molar-refractivity contribution in [2.24, 2.45) is 5.92 Å². The van der Waals surface area contributed by atoms with Crippen molar-refractivity contribution in [3.63, 3.8) is 0 Å². The van der Waals surface area contributed by atoms with Gasteiger partial charge in [0.1, 0.15) is 5.82 Å². The Bertz CT molecular complexity index is 585. The molecule has 0 aromatic heterocycles. The second-order valence-electron chi connectivity index (χ2n) is 6.99. The number of hydrogen-bond acceptors (Lipinski definition) is 3. The van der Waals surface area contributed by atoms with Crippen LogP contribution in [0, 0.1) is 11.7 Å². The third-order valence-electron chi connectivity index (χ3n) is 5.25. The summed E-state index contributed by atoms with van der Waals surface area (Å²) in [6, 6.07) is 4.61. The fourth-order valence-corrected chi connectivity index (χ4v) is 3.85. The van der Waals surface area contributed by atoms with E-state index in [-0.39, 0.29) is 11.7 Å². The molecular weight excluding hydrogens is 343 g/mol. The second kappa shape index (κ2) is 8.97. The third-order valence-corrected chi connectivity index (χ3v) is 5.60. The SMILES string of the molecule is O=C(CCC1CCN(Cc2ccc(F)cc2Cl)CC1)N1CCOCC1. The molecule has 1 aromatic rings. The molecule has 0 atom stereocenters. The molecule has 1 amide bonds. The lowest BCUT2D eigenvalue weighted by molar-refractivity contribution is -0.135. The number of amides is 1. The molecule has 0 N–H and O–H groups in total. The Morgan fingerprint density at radius 3 is 2.60 bits per heavy atom. The van der Waals surface area contributed by atoms with Gasteiger partial charge in [-0.3, -0.25) is 9.69 Å². The van der Waals surface area contributed by atoms with Gasteiger partial charge in [0.2, 0.25) is 5.91 Å². The van der Waals surface area contributed by atoms with Gasteiger partial charge in [-0.1, -0.05) is 17.7 Å². The van der Waals surface area contributed by atoms with Crippen LogP contribution in [0.4, 0.5) is 4.39 Å². The third kappa shape index (κ3) is 5.40. The highest BCUT2D eigenvalue weighted by Crippen LogP contribution is 2.25. The molecule has 25 heavy (non-hydrogen) atoms. The van der Waals surface area contributed by atoms with E-state index in [1.165, 1.54) is 12.1 Å². The van der Waals surface area contributed by atoms with Gasteiger partial charge in [-0.2, -0.15) is 0 Å². The normalized spacial score (nSPS) is 20.0. The van der Waals surface area contributed by atoms with E-state index >= 15 is 0 Å². The van der Waals surface area contributed by atoms with Crippen molar-refractivity contribution in [1.82, 2.24) is 9.80 Å². The van der Waals surface area contributed by atoms with Crippen molar-refractivity contribution in [1.29, 1.82) is 0 Å². The Morgan fingerprint density at radius 2 is 1.92 bits per heavy atom. The van der Waals surface area contributed by atoms with Gasteiger partial charge in [0.15, 0.2) is 0 Å². The summed E-state index contributed by atoms with van der Waals surface area (Å²) in [6.45, 7) is 5.56. The smallest absolute Gasteiger partial charge is 0.222 e. The highest BCUT2D eigenvalue weighted by Gasteiger charge is 2.22. The van der Waals surface area contributed by atoms with E-state index in [2.05, 4.69) is 4.90 Å². The summed E-state index contributed by atoms with van der Waals surface area (Å²) in [5.41, 5.74) is 0.976. The summed E-state index contributed by atoms with van der Waals surface area (Å²) in [5, 5.41) is 0.498. The monoisotopic (exact) mass is 368 g/mol. The molecule has 2 aliphatic heterocycles. The molecule has 1 aromatic carbocycles. The molecule has 0 radical (unpaired) electrons. The number of carbonyl (C=O) groups is 1. The Labute approximate surface area is 153 Å². The topological polar surface area (TPSA) is 32.8 Å². The number of likely N-dealkylation sites (tertiary alicyclic amines) is 1. The quantitative estimate of drug-likeness (QED) is 0.799. The lowest BCUT2D eigenvalue weighted by Gasteiger charge is -2.33. The van der Waals surface area contributed by atoms with Crippen LogP contribution in [-0.4, -0.2) is 55.1 Å². The predicted molar refractivity (Wildman–Crippen MR) is 96.0 cm³/mol. The number of morpholine rings is 1. The van der Waals surface area contributed by atoms with Crippen LogP contribution in [0.25, 0.3) is 0 Å². The number of hydrogen-bond donors (Lipinski definition) is 0. The van der Waals surface area contributed by atoms with E-state index in [0.29, 0.717) is 30.6 Å². The van der Waals surface area contributed by atoms with Crippen LogP contribution in [0.15, 0.2) is 18.2 Å². The van der Waals surface area contributed by atoms with Crippen LogP contribution in [0.1, 0.15) is 31.2 Å². The molecule has 2 aliphatic rings. The summed E-state index contributed by atoms with van der Waals surface area (Å²) in [5.74, 6) is 0.589. The van der Waals surface area contributed by atoms with Crippen LogP contribution in [0.2, 0.25) is 5.02 Å². The highest BCUT2D eigenvalue weighted by molar-refractivity contribution is 6.31. The zero-order chi connectivity index (χ0) is 17.6. The van der Waals surface area contributed by atoms with Crippen molar-refractivity contribution in [2.45, 2.75) is 32.2 Å². The number of nitrogens with zero attached hydrogens (tertiary/aromatic N) is 2. The molecule has 0 saturated carbocycles. The molecule has 6 heteroatoms. The Morgan fingerprint density at radius 1 is 1.20 bits per heavy atom. The minimum absolute atomic E-state index is 0.267. The molecular formula is C19H26ClFN2O2. The first kappa shape index (κ1) is 18.6. The summed E-state index contributed by atoms with van der Waals surface area (Å²) in [7, 11) is 0. The second-order valence-corrected chi connectivity index (χ2v) is 7.39. The molecule has 0 aliphatic carbocycles. The molecule has 138 valence electrons. The molecule has 2 saturated heterocycles. The standard InChI is InChI=1S/C19H26ClFN2O2/c20-18-13-17(21)3-2-16(18)14-22-7-5-15(6-8-22)1-4-19(24)23-9-11-25-12-10-23/h2-3,13,15H,1,4-12,14H2. The van der Waals surface area contributed by atoms with E-state index in [9.17, 15) is 9.18 Å². The molecule has 2 fully saturated rings. The predicted octanol–water partition coefficient (Wildman–Crippen LogP) is 3.33. The van der Waals surface area contributed by atoms with E-state index in [1.807, 2.05) is 4.90 Å². The number of ether oxygens (including phenoxy) is 1. The van der Waals surface area contributed by atoms with E-state index in [4.69, 9.17) is 16.3 Å². The van der Waals surface area contributed by atoms with Gasteiger partial charge in [0, 0.05) is 31.1 Å². The van der Waals surface area contributed by atoms with Crippen molar-refractivity contribution in [3.05, 3.63) is 34.6 Å². The molecule has 0 bridgehead atoms. The summed E-state index contributed by atoms with van der Waals surface area (Å²) < 4.78 is 18.4. The van der Waals surface area contributed by atoms with Crippen LogP contribution >= 0.6 is 11.6 Å². The van der Waals surface area contributed by atoms with Crippen LogP contribution in [-0.2, 0) is 16.1 Å². The van der Waals surface area contributed by atoms with Gasteiger partial charge in [0.25, 0.3) is 0 Å². The largest absolute Gasteiger partial charge is 0.378 e. The fourth-order valence-electron chi connectivity index (χ4n) is 3.62. The van der Waals surface area contributed by atoms with Crippen molar-refractivity contribution in [2.75, 3.05) is 39.4 Å². The van der Waals surface area contributed by atoms with Crippen LogP contribution in [0.3, 0.4) is 0 Å². The Balaban J connectivity index is 1.39. The average molecular weight is 369 g/mol. The number of halogens is 2. The van der Waals surface area contributed by atoms with E-state index in [0.717, 1.165) is 57.5 Å². The van der Waals surface area contributed by atoms with Gasteiger partial charge < -0.3 is 9.64 Å². The lowest BCUT2D eigenvalue weighted by Crippen LogP contribution is -2.41. The van der Waals surface area contributed by atoms with Gasteiger partial charge >= 0.3 is 0 Å². The fraction of sp³-hybridized carbons (Fsp3) is 0.632. The Hall–Kier alpha value is -1.17.